The lowest BCUT2D eigenvalue weighted by Crippen LogP contribution is -2.26. The van der Waals surface area contributed by atoms with Crippen LogP contribution in [0.3, 0.4) is 0 Å². The number of nitrogens with zero attached hydrogens (tertiary/aromatic N) is 1. The van der Waals surface area contributed by atoms with Crippen molar-refractivity contribution in [2.24, 2.45) is 5.92 Å². The number of carbonyl (C=O) groups excluding carboxylic acids is 1. The molecule has 0 saturated heterocycles. The third-order valence-corrected chi connectivity index (χ3v) is 5.30. The topological polar surface area (TPSA) is 91.3 Å². The third kappa shape index (κ3) is 4.10. The predicted molar refractivity (Wildman–Crippen MR) is 102 cm³/mol. The van der Waals surface area contributed by atoms with Crippen molar-refractivity contribution in [1.29, 1.82) is 0 Å². The summed E-state index contributed by atoms with van der Waals surface area (Å²) < 4.78 is 0. The Morgan fingerprint density at radius 1 is 1.04 bits per heavy atom. The molecule has 0 spiro atoms. The molecule has 2 aromatic rings. The van der Waals surface area contributed by atoms with Crippen LogP contribution in [0, 0.1) is 5.92 Å². The number of anilines is 1. The summed E-state index contributed by atoms with van der Waals surface area (Å²) in [4.78, 5) is 27.3. The van der Waals surface area contributed by atoms with Crippen LogP contribution in [-0.2, 0) is 11.2 Å². The van der Waals surface area contributed by atoms with E-state index in [2.05, 4.69) is 21.7 Å². The first-order chi connectivity index (χ1) is 13.1. The molecule has 2 amide bonds. The number of carboxylic acid groups (broad SMARTS) is 1. The largest absolute Gasteiger partial charge is 0.465 e. The van der Waals surface area contributed by atoms with Crippen molar-refractivity contribution in [2.45, 2.75) is 44.6 Å². The van der Waals surface area contributed by atoms with E-state index in [0.717, 1.165) is 55.2 Å². The van der Waals surface area contributed by atoms with Gasteiger partial charge in [-0.2, -0.15) is 0 Å². The van der Waals surface area contributed by atoms with E-state index in [1.54, 1.807) is 6.20 Å². The smallest absolute Gasteiger partial charge is 0.405 e. The van der Waals surface area contributed by atoms with Crippen LogP contribution in [0.4, 0.5) is 10.6 Å². The third-order valence-electron chi connectivity index (χ3n) is 5.30. The van der Waals surface area contributed by atoms with Gasteiger partial charge in [0.05, 0.1) is 6.04 Å². The van der Waals surface area contributed by atoms with E-state index in [0.29, 0.717) is 5.82 Å². The van der Waals surface area contributed by atoms with E-state index in [4.69, 9.17) is 5.11 Å². The maximum absolute atomic E-state index is 12.0. The Bertz CT molecular complexity index is 877. The van der Waals surface area contributed by atoms with Crippen molar-refractivity contribution in [2.75, 3.05) is 5.32 Å². The minimum Gasteiger partial charge on any atom is -0.465 e. The van der Waals surface area contributed by atoms with E-state index in [-0.39, 0.29) is 17.9 Å². The highest BCUT2D eigenvalue weighted by Gasteiger charge is 2.29. The van der Waals surface area contributed by atoms with Gasteiger partial charge in [0.15, 0.2) is 0 Å². The zero-order chi connectivity index (χ0) is 18.8. The zero-order valence-electron chi connectivity index (χ0n) is 15.1. The number of benzene rings is 1. The second-order valence-electron chi connectivity index (χ2n) is 7.35. The summed E-state index contributed by atoms with van der Waals surface area (Å²) in [6.45, 7) is 0. The molecule has 27 heavy (non-hydrogen) atoms. The quantitative estimate of drug-likeness (QED) is 0.711. The Morgan fingerprint density at radius 3 is 2.63 bits per heavy atom. The Labute approximate surface area is 158 Å². The highest BCUT2D eigenvalue weighted by atomic mass is 16.4. The summed E-state index contributed by atoms with van der Waals surface area (Å²) >= 11 is 0. The molecule has 0 unspecified atom stereocenters. The fraction of sp³-hybridized carbons (Fsp3) is 0.381. The normalized spacial score (nSPS) is 18.9. The van der Waals surface area contributed by atoms with Crippen molar-refractivity contribution in [3.05, 3.63) is 47.7 Å². The van der Waals surface area contributed by atoms with Crippen LogP contribution in [0.1, 0.15) is 49.3 Å². The van der Waals surface area contributed by atoms with Crippen molar-refractivity contribution in [3.8, 4) is 11.1 Å². The average Bonchev–Trinajstić information content (AvgIpc) is 3.49. The summed E-state index contributed by atoms with van der Waals surface area (Å²) in [5.41, 5.74) is 4.29. The van der Waals surface area contributed by atoms with Crippen LogP contribution in [0.15, 0.2) is 36.5 Å². The number of hydrogen-bond acceptors (Lipinski definition) is 3. The number of aryl methyl sites for hydroxylation is 1. The fourth-order valence-electron chi connectivity index (χ4n) is 3.71. The number of amides is 2. The SMILES string of the molecule is O=C(O)N[C@@H]1CCCCc2cc(-c3ccnc(NC(=O)C4CC4)c3)ccc21. The van der Waals surface area contributed by atoms with E-state index in [9.17, 15) is 9.59 Å². The van der Waals surface area contributed by atoms with Crippen LogP contribution < -0.4 is 10.6 Å². The van der Waals surface area contributed by atoms with Gasteiger partial charge in [-0.1, -0.05) is 24.6 Å². The Morgan fingerprint density at radius 2 is 1.85 bits per heavy atom. The van der Waals surface area contributed by atoms with Gasteiger partial charge in [-0.25, -0.2) is 9.78 Å². The number of aromatic nitrogens is 1. The molecule has 6 nitrogen and oxygen atoms in total. The minimum absolute atomic E-state index is 0.0455. The Kier molecular flexibility index (Phi) is 4.79. The van der Waals surface area contributed by atoms with Crippen LogP contribution in [0.2, 0.25) is 0 Å². The number of fused-ring (bicyclic) bond motifs is 1. The molecule has 2 aliphatic rings. The van der Waals surface area contributed by atoms with Gasteiger partial charge in [0.2, 0.25) is 5.91 Å². The molecule has 4 rings (SSSR count). The number of nitrogens with one attached hydrogen (secondary N) is 2. The molecule has 1 saturated carbocycles. The van der Waals surface area contributed by atoms with Crippen molar-refractivity contribution in [3.63, 3.8) is 0 Å². The summed E-state index contributed by atoms with van der Waals surface area (Å²) in [7, 11) is 0. The van der Waals surface area contributed by atoms with E-state index in [1.165, 1.54) is 5.56 Å². The molecule has 1 aromatic heterocycles. The Balaban J connectivity index is 1.60. The lowest BCUT2D eigenvalue weighted by atomic mass is 9.94. The van der Waals surface area contributed by atoms with Gasteiger partial charge in [0.25, 0.3) is 0 Å². The molecule has 6 heteroatoms. The summed E-state index contributed by atoms with van der Waals surface area (Å²) in [6, 6.07) is 9.85. The van der Waals surface area contributed by atoms with E-state index < -0.39 is 6.09 Å². The molecule has 2 aliphatic carbocycles. The van der Waals surface area contributed by atoms with Gasteiger partial charge in [0, 0.05) is 12.1 Å². The van der Waals surface area contributed by atoms with Gasteiger partial charge in [-0.15, -0.1) is 0 Å². The van der Waals surface area contributed by atoms with Crippen LogP contribution in [0.5, 0.6) is 0 Å². The standard InChI is InChI=1S/C21H23N3O3/c25-20(13-5-6-13)24-19-12-15(9-10-22-19)14-7-8-17-16(11-14)3-1-2-4-18(17)23-21(26)27/h7-13,18,23H,1-6H2,(H,26,27)(H,22,24,25)/t18-/m1/s1. The molecular weight excluding hydrogens is 342 g/mol. The molecule has 0 bridgehead atoms. The van der Waals surface area contributed by atoms with E-state index in [1.807, 2.05) is 24.3 Å². The second-order valence-corrected chi connectivity index (χ2v) is 7.35. The van der Waals surface area contributed by atoms with Gasteiger partial charge >= 0.3 is 6.09 Å². The van der Waals surface area contributed by atoms with Gasteiger partial charge in [0.1, 0.15) is 5.82 Å². The zero-order valence-corrected chi connectivity index (χ0v) is 15.1. The maximum Gasteiger partial charge on any atom is 0.405 e. The summed E-state index contributed by atoms with van der Waals surface area (Å²) in [6.07, 6.45) is 6.46. The van der Waals surface area contributed by atoms with Crippen molar-refractivity contribution in [1.82, 2.24) is 10.3 Å². The lowest BCUT2D eigenvalue weighted by molar-refractivity contribution is -0.117. The van der Waals surface area contributed by atoms with Gasteiger partial charge < -0.3 is 15.7 Å². The summed E-state index contributed by atoms with van der Waals surface area (Å²) in [5.74, 6) is 0.760. The fourth-order valence-corrected chi connectivity index (χ4v) is 3.71. The number of carbonyl (C=O) groups is 2. The number of rotatable bonds is 4. The number of pyridine rings is 1. The first-order valence-corrected chi connectivity index (χ1v) is 9.50. The first kappa shape index (κ1) is 17.5. The molecule has 140 valence electrons. The molecule has 1 fully saturated rings. The molecule has 3 N–H and O–H groups in total. The van der Waals surface area contributed by atoms with Gasteiger partial charge in [-0.05, 0) is 66.5 Å². The Hall–Kier alpha value is -2.89. The highest BCUT2D eigenvalue weighted by molar-refractivity contribution is 5.93. The molecule has 0 aliphatic heterocycles. The van der Waals surface area contributed by atoms with Crippen molar-refractivity contribution < 1.29 is 14.7 Å². The van der Waals surface area contributed by atoms with Crippen LogP contribution >= 0.6 is 0 Å². The minimum atomic E-state index is -0.984. The highest BCUT2D eigenvalue weighted by Crippen LogP contribution is 2.33. The van der Waals surface area contributed by atoms with E-state index >= 15 is 0 Å². The first-order valence-electron chi connectivity index (χ1n) is 9.50. The van der Waals surface area contributed by atoms with Crippen LogP contribution in [-0.4, -0.2) is 22.1 Å². The lowest BCUT2D eigenvalue weighted by Gasteiger charge is -2.18. The number of hydrogen-bond donors (Lipinski definition) is 3. The monoisotopic (exact) mass is 365 g/mol. The predicted octanol–water partition coefficient (Wildman–Crippen LogP) is 4.13. The maximum atomic E-state index is 12.0. The molecule has 0 radical (unpaired) electrons. The molecule has 1 heterocycles. The molecular formula is C21H23N3O3. The summed E-state index contributed by atoms with van der Waals surface area (Å²) in [5, 5.41) is 14.6. The van der Waals surface area contributed by atoms with Gasteiger partial charge in [-0.3, -0.25) is 4.79 Å². The van der Waals surface area contributed by atoms with Crippen LogP contribution in [0.25, 0.3) is 11.1 Å². The molecule has 1 atom stereocenters. The second kappa shape index (κ2) is 7.39. The average molecular weight is 365 g/mol. The van der Waals surface area contributed by atoms with Crippen molar-refractivity contribution >= 4 is 17.8 Å². The molecule has 1 aromatic carbocycles.